The predicted molar refractivity (Wildman–Crippen MR) is 67.2 cm³/mol. The van der Waals surface area contributed by atoms with Crippen LogP contribution in [0.5, 0.6) is 0 Å². The van der Waals surface area contributed by atoms with Crippen LogP contribution >= 0.6 is 0 Å². The summed E-state index contributed by atoms with van der Waals surface area (Å²) in [5.41, 5.74) is 1.46. The van der Waals surface area contributed by atoms with Crippen LogP contribution in [-0.4, -0.2) is 12.6 Å². The van der Waals surface area contributed by atoms with Crippen molar-refractivity contribution in [1.82, 2.24) is 5.32 Å². The third-order valence-electron chi connectivity index (χ3n) is 2.74. The Morgan fingerprint density at radius 1 is 1.07 bits per heavy atom. The molecule has 0 aromatic heterocycles. The lowest BCUT2D eigenvalue weighted by molar-refractivity contribution is 0.535. The Bertz CT molecular complexity index is 253. The normalized spacial score (nSPS) is 13.1. The summed E-state index contributed by atoms with van der Waals surface area (Å²) in [4.78, 5) is 0. The maximum atomic E-state index is 3.45. The molecule has 0 saturated carbocycles. The van der Waals surface area contributed by atoms with E-state index >= 15 is 0 Å². The van der Waals surface area contributed by atoms with Gasteiger partial charge in [0.1, 0.15) is 0 Å². The van der Waals surface area contributed by atoms with Crippen molar-refractivity contribution in [2.75, 3.05) is 6.54 Å². The van der Waals surface area contributed by atoms with Gasteiger partial charge in [-0.05, 0) is 30.9 Å². The van der Waals surface area contributed by atoms with Crippen LogP contribution in [-0.2, 0) is 0 Å². The van der Waals surface area contributed by atoms with Gasteiger partial charge in [-0.1, -0.05) is 51.1 Å². The van der Waals surface area contributed by atoms with Crippen LogP contribution in [0.4, 0.5) is 0 Å². The first-order valence-corrected chi connectivity index (χ1v) is 5.98. The summed E-state index contributed by atoms with van der Waals surface area (Å²) >= 11 is 0. The molecule has 15 heavy (non-hydrogen) atoms. The van der Waals surface area contributed by atoms with Crippen LogP contribution in [0.3, 0.4) is 0 Å². The summed E-state index contributed by atoms with van der Waals surface area (Å²) in [6.45, 7) is 7.83. The van der Waals surface area contributed by atoms with Crippen molar-refractivity contribution in [2.45, 2.75) is 45.6 Å². The third-order valence-corrected chi connectivity index (χ3v) is 2.74. The molecule has 0 amide bonds. The monoisotopic (exact) mass is 205 g/mol. The average molecular weight is 205 g/mol. The Labute approximate surface area is 93.9 Å². The first-order chi connectivity index (χ1) is 7.20. The molecular weight excluding hydrogens is 182 g/mol. The minimum absolute atomic E-state index is 0.608. The Kier molecular flexibility index (Phi) is 5.41. The van der Waals surface area contributed by atoms with Gasteiger partial charge in [-0.25, -0.2) is 0 Å². The molecule has 84 valence electrons. The zero-order valence-electron chi connectivity index (χ0n) is 10.2. The van der Waals surface area contributed by atoms with E-state index in [9.17, 15) is 0 Å². The van der Waals surface area contributed by atoms with Crippen molar-refractivity contribution >= 4 is 0 Å². The highest BCUT2D eigenvalue weighted by Crippen LogP contribution is 2.19. The van der Waals surface area contributed by atoms with E-state index in [0.717, 1.165) is 6.54 Å². The van der Waals surface area contributed by atoms with Crippen LogP contribution in [0.2, 0.25) is 0 Å². The number of rotatable bonds is 6. The molecule has 1 nitrogen and oxygen atoms in total. The molecule has 0 heterocycles. The summed E-state index contributed by atoms with van der Waals surface area (Å²) in [6.07, 6.45) is 2.53. The maximum absolute atomic E-state index is 3.45. The highest BCUT2D eigenvalue weighted by atomic mass is 14.9. The molecule has 1 rings (SSSR count). The Hall–Kier alpha value is -0.820. The van der Waals surface area contributed by atoms with Crippen LogP contribution in [0.15, 0.2) is 30.3 Å². The predicted octanol–water partition coefficient (Wildman–Crippen LogP) is 3.57. The first kappa shape index (κ1) is 12.3. The fourth-order valence-electron chi connectivity index (χ4n) is 1.75. The van der Waals surface area contributed by atoms with Gasteiger partial charge in [-0.15, -0.1) is 0 Å². The quantitative estimate of drug-likeness (QED) is 0.700. The van der Waals surface area contributed by atoms with E-state index in [2.05, 4.69) is 56.4 Å². The van der Waals surface area contributed by atoms with Crippen molar-refractivity contribution in [2.24, 2.45) is 0 Å². The summed E-state index contributed by atoms with van der Waals surface area (Å²) in [5, 5.41) is 3.45. The van der Waals surface area contributed by atoms with Gasteiger partial charge in [0, 0.05) is 6.04 Å². The van der Waals surface area contributed by atoms with E-state index < -0.39 is 0 Å². The molecule has 1 unspecified atom stereocenters. The molecule has 0 radical (unpaired) electrons. The van der Waals surface area contributed by atoms with Gasteiger partial charge in [0.2, 0.25) is 0 Å². The molecule has 0 saturated heterocycles. The van der Waals surface area contributed by atoms with Crippen molar-refractivity contribution in [3.63, 3.8) is 0 Å². The minimum atomic E-state index is 0.608. The molecule has 0 aliphatic heterocycles. The third kappa shape index (κ3) is 4.98. The van der Waals surface area contributed by atoms with Crippen molar-refractivity contribution in [1.29, 1.82) is 0 Å². The van der Waals surface area contributed by atoms with Crippen molar-refractivity contribution in [3.05, 3.63) is 35.9 Å². The van der Waals surface area contributed by atoms with E-state index in [4.69, 9.17) is 0 Å². The second kappa shape index (κ2) is 6.62. The van der Waals surface area contributed by atoms with Crippen LogP contribution in [0.25, 0.3) is 0 Å². The van der Waals surface area contributed by atoms with Gasteiger partial charge in [-0.3, -0.25) is 0 Å². The van der Waals surface area contributed by atoms with Gasteiger partial charge in [0.25, 0.3) is 0 Å². The van der Waals surface area contributed by atoms with E-state index in [1.807, 2.05) is 0 Å². The van der Waals surface area contributed by atoms with Crippen molar-refractivity contribution in [3.8, 4) is 0 Å². The highest BCUT2D eigenvalue weighted by molar-refractivity contribution is 5.18. The molecule has 1 atom stereocenters. The van der Waals surface area contributed by atoms with Gasteiger partial charge in [0.05, 0.1) is 0 Å². The smallest absolute Gasteiger partial charge is 0.00103 e. The molecule has 0 bridgehead atoms. The fourth-order valence-corrected chi connectivity index (χ4v) is 1.75. The van der Waals surface area contributed by atoms with E-state index in [-0.39, 0.29) is 0 Å². The molecule has 1 N–H and O–H groups in total. The molecular formula is C14H23N. The summed E-state index contributed by atoms with van der Waals surface area (Å²) in [5.74, 6) is 0.681. The lowest BCUT2D eigenvalue weighted by Gasteiger charge is -2.13. The number of hydrogen-bond donors (Lipinski definition) is 1. The second-order valence-corrected chi connectivity index (χ2v) is 4.56. The molecule has 0 aliphatic carbocycles. The zero-order chi connectivity index (χ0) is 11.1. The summed E-state index contributed by atoms with van der Waals surface area (Å²) < 4.78 is 0. The highest BCUT2D eigenvalue weighted by Gasteiger charge is 2.03. The lowest BCUT2D eigenvalue weighted by Crippen LogP contribution is -2.23. The summed E-state index contributed by atoms with van der Waals surface area (Å²) in [6, 6.07) is 11.4. The molecule has 1 aromatic carbocycles. The van der Waals surface area contributed by atoms with Crippen LogP contribution in [0, 0.1) is 0 Å². The largest absolute Gasteiger partial charge is 0.315 e. The van der Waals surface area contributed by atoms with E-state index in [1.165, 1.54) is 18.4 Å². The number of nitrogens with one attached hydrogen (secondary N) is 1. The number of hydrogen-bond acceptors (Lipinski definition) is 1. The van der Waals surface area contributed by atoms with Crippen molar-refractivity contribution < 1.29 is 0 Å². The Balaban J connectivity index is 2.22. The van der Waals surface area contributed by atoms with Crippen LogP contribution in [0.1, 0.15) is 45.1 Å². The van der Waals surface area contributed by atoms with Crippen LogP contribution < -0.4 is 5.32 Å². The average Bonchev–Trinajstić information content (AvgIpc) is 2.25. The van der Waals surface area contributed by atoms with E-state index in [0.29, 0.717) is 12.0 Å². The fraction of sp³-hybridized carbons (Fsp3) is 0.571. The minimum Gasteiger partial charge on any atom is -0.315 e. The second-order valence-electron chi connectivity index (χ2n) is 4.56. The van der Waals surface area contributed by atoms with E-state index in [1.54, 1.807) is 0 Å². The van der Waals surface area contributed by atoms with Gasteiger partial charge in [-0.2, -0.15) is 0 Å². The molecule has 0 fully saturated rings. The molecule has 0 spiro atoms. The SMILES string of the molecule is CC(C)NCCCC(C)c1ccccc1. The topological polar surface area (TPSA) is 12.0 Å². The molecule has 1 aromatic rings. The first-order valence-electron chi connectivity index (χ1n) is 5.98. The number of benzene rings is 1. The maximum Gasteiger partial charge on any atom is 0.00103 e. The standard InChI is InChI=1S/C14H23N/c1-12(2)15-11-7-8-13(3)14-9-5-4-6-10-14/h4-6,9-10,12-13,15H,7-8,11H2,1-3H3. The van der Waals surface area contributed by atoms with Gasteiger partial charge >= 0.3 is 0 Å². The molecule has 0 aliphatic rings. The Morgan fingerprint density at radius 3 is 2.33 bits per heavy atom. The zero-order valence-corrected chi connectivity index (χ0v) is 10.2. The summed E-state index contributed by atoms with van der Waals surface area (Å²) in [7, 11) is 0. The molecule has 1 heteroatoms. The Morgan fingerprint density at radius 2 is 1.73 bits per heavy atom. The lowest BCUT2D eigenvalue weighted by atomic mass is 9.96. The van der Waals surface area contributed by atoms with Gasteiger partial charge < -0.3 is 5.32 Å². The van der Waals surface area contributed by atoms with Gasteiger partial charge in [0.15, 0.2) is 0 Å².